The second-order valence-electron chi connectivity index (χ2n) is 3.20. The molecule has 1 saturated heterocycles. The SMILES string of the molecule is N#CCS(=O)(=O)CCN1CCOCC1. The van der Waals surface area contributed by atoms with Crippen LogP contribution in [0.1, 0.15) is 0 Å². The van der Waals surface area contributed by atoms with Gasteiger partial charge < -0.3 is 4.74 Å². The van der Waals surface area contributed by atoms with Gasteiger partial charge in [0.15, 0.2) is 9.84 Å². The number of sulfone groups is 1. The highest BCUT2D eigenvalue weighted by Gasteiger charge is 2.15. The molecule has 0 N–H and O–H groups in total. The van der Waals surface area contributed by atoms with Gasteiger partial charge in [-0.3, -0.25) is 4.90 Å². The van der Waals surface area contributed by atoms with Gasteiger partial charge in [0.05, 0.1) is 25.0 Å². The molecule has 1 aliphatic heterocycles. The van der Waals surface area contributed by atoms with Crippen molar-refractivity contribution < 1.29 is 13.2 Å². The van der Waals surface area contributed by atoms with Gasteiger partial charge in [0.1, 0.15) is 5.75 Å². The van der Waals surface area contributed by atoms with Gasteiger partial charge in [-0.1, -0.05) is 0 Å². The maximum atomic E-state index is 11.2. The summed E-state index contributed by atoms with van der Waals surface area (Å²) in [5.74, 6) is -0.308. The van der Waals surface area contributed by atoms with E-state index in [1.165, 1.54) is 0 Å². The molecule has 0 spiro atoms. The Labute approximate surface area is 84.2 Å². The van der Waals surface area contributed by atoms with Crippen LogP contribution in [0, 0.1) is 11.3 Å². The number of hydrogen-bond acceptors (Lipinski definition) is 5. The molecular weight excluding hydrogens is 204 g/mol. The molecule has 0 saturated carbocycles. The summed E-state index contributed by atoms with van der Waals surface area (Å²) in [6.45, 7) is 3.40. The summed E-state index contributed by atoms with van der Waals surface area (Å²) in [4.78, 5) is 2.04. The van der Waals surface area contributed by atoms with Gasteiger partial charge >= 0.3 is 0 Å². The fraction of sp³-hybridized carbons (Fsp3) is 0.875. The van der Waals surface area contributed by atoms with E-state index in [1.54, 1.807) is 6.07 Å². The fourth-order valence-electron chi connectivity index (χ4n) is 1.26. The van der Waals surface area contributed by atoms with Gasteiger partial charge in [0.25, 0.3) is 0 Å². The van der Waals surface area contributed by atoms with Crippen LogP contribution in [0.15, 0.2) is 0 Å². The van der Waals surface area contributed by atoms with E-state index in [0.717, 1.165) is 13.1 Å². The zero-order chi connectivity index (χ0) is 10.4. The number of nitrogens with zero attached hydrogens (tertiary/aromatic N) is 2. The number of ether oxygens (including phenoxy) is 1. The molecular formula is C8H14N2O3S. The zero-order valence-corrected chi connectivity index (χ0v) is 8.79. The maximum Gasteiger partial charge on any atom is 0.164 e. The highest BCUT2D eigenvalue weighted by atomic mass is 32.2. The lowest BCUT2D eigenvalue weighted by Gasteiger charge is -2.26. The summed E-state index contributed by atoms with van der Waals surface area (Å²) in [5.41, 5.74) is 0. The molecule has 1 heterocycles. The second kappa shape index (κ2) is 5.29. The Morgan fingerprint density at radius 1 is 1.36 bits per heavy atom. The van der Waals surface area contributed by atoms with Crippen LogP contribution >= 0.6 is 0 Å². The quantitative estimate of drug-likeness (QED) is 0.621. The Hall–Kier alpha value is -0.640. The lowest BCUT2D eigenvalue weighted by atomic mass is 10.4. The Morgan fingerprint density at radius 3 is 2.57 bits per heavy atom. The molecule has 0 aromatic carbocycles. The van der Waals surface area contributed by atoms with E-state index in [0.29, 0.717) is 19.8 Å². The summed E-state index contributed by atoms with van der Waals surface area (Å²) < 4.78 is 27.5. The van der Waals surface area contributed by atoms with E-state index in [2.05, 4.69) is 0 Å². The van der Waals surface area contributed by atoms with Crippen LogP contribution in [0.4, 0.5) is 0 Å². The van der Waals surface area contributed by atoms with Gasteiger partial charge in [-0.2, -0.15) is 5.26 Å². The van der Waals surface area contributed by atoms with Crippen molar-refractivity contribution in [2.75, 3.05) is 44.4 Å². The highest BCUT2D eigenvalue weighted by Crippen LogP contribution is 1.98. The first kappa shape index (κ1) is 11.4. The minimum absolute atomic E-state index is 0.0700. The van der Waals surface area contributed by atoms with Crippen molar-refractivity contribution in [1.82, 2.24) is 4.90 Å². The Morgan fingerprint density at radius 2 is 2.00 bits per heavy atom. The smallest absolute Gasteiger partial charge is 0.164 e. The third-order valence-corrected chi connectivity index (χ3v) is 3.48. The molecule has 0 aromatic heterocycles. The van der Waals surface area contributed by atoms with Gasteiger partial charge in [-0.05, 0) is 0 Å². The molecule has 1 rings (SSSR count). The molecule has 0 aliphatic carbocycles. The predicted molar refractivity (Wildman–Crippen MR) is 51.5 cm³/mol. The van der Waals surface area contributed by atoms with Crippen molar-refractivity contribution in [3.8, 4) is 6.07 Å². The fourth-order valence-corrected chi connectivity index (χ4v) is 2.14. The van der Waals surface area contributed by atoms with Crippen LogP contribution in [-0.4, -0.2) is 57.7 Å². The zero-order valence-electron chi connectivity index (χ0n) is 7.98. The molecule has 0 bridgehead atoms. The number of morpholine rings is 1. The van der Waals surface area contributed by atoms with E-state index < -0.39 is 9.84 Å². The van der Waals surface area contributed by atoms with Crippen LogP contribution in [0.5, 0.6) is 0 Å². The first-order valence-electron chi connectivity index (χ1n) is 4.51. The van der Waals surface area contributed by atoms with E-state index in [1.807, 2.05) is 4.90 Å². The largest absolute Gasteiger partial charge is 0.379 e. The molecule has 1 fully saturated rings. The van der Waals surface area contributed by atoms with Crippen LogP contribution in [0.2, 0.25) is 0 Å². The molecule has 0 unspecified atom stereocenters. The second-order valence-corrected chi connectivity index (χ2v) is 5.39. The Bertz CT molecular complexity index is 301. The molecule has 0 aromatic rings. The van der Waals surface area contributed by atoms with Crippen molar-refractivity contribution in [3.05, 3.63) is 0 Å². The standard InChI is InChI=1S/C8H14N2O3S/c9-1-7-14(11,12)8-4-10-2-5-13-6-3-10/h2-8H2. The van der Waals surface area contributed by atoms with Crippen molar-refractivity contribution in [2.45, 2.75) is 0 Å². The van der Waals surface area contributed by atoms with E-state index in [4.69, 9.17) is 10.00 Å². The molecule has 0 radical (unpaired) electrons. The molecule has 1 aliphatic rings. The van der Waals surface area contributed by atoms with E-state index in [-0.39, 0.29) is 11.5 Å². The van der Waals surface area contributed by atoms with Crippen LogP contribution in [0.3, 0.4) is 0 Å². The van der Waals surface area contributed by atoms with Crippen molar-refractivity contribution in [3.63, 3.8) is 0 Å². The normalized spacial score (nSPS) is 19.1. The monoisotopic (exact) mass is 218 g/mol. The third kappa shape index (κ3) is 4.05. The summed E-state index contributed by atoms with van der Waals surface area (Å²) in [5, 5.41) is 8.28. The number of nitriles is 1. The molecule has 5 nitrogen and oxygen atoms in total. The predicted octanol–water partition coefficient (Wildman–Crippen LogP) is -0.743. The summed E-state index contributed by atoms with van der Waals surface area (Å²) in [7, 11) is -3.17. The molecule has 14 heavy (non-hydrogen) atoms. The Balaban J connectivity index is 2.29. The summed E-state index contributed by atoms with van der Waals surface area (Å²) >= 11 is 0. The minimum Gasteiger partial charge on any atom is -0.379 e. The van der Waals surface area contributed by atoms with Crippen molar-refractivity contribution in [1.29, 1.82) is 5.26 Å². The topological polar surface area (TPSA) is 70.4 Å². The first-order valence-corrected chi connectivity index (χ1v) is 6.34. The first-order chi connectivity index (χ1) is 6.64. The lowest BCUT2D eigenvalue weighted by Crippen LogP contribution is -2.39. The van der Waals surface area contributed by atoms with Crippen molar-refractivity contribution in [2.24, 2.45) is 0 Å². The molecule has 80 valence electrons. The average molecular weight is 218 g/mol. The van der Waals surface area contributed by atoms with Crippen LogP contribution < -0.4 is 0 Å². The molecule has 0 atom stereocenters. The summed E-state index contributed by atoms with van der Waals surface area (Å²) in [6.07, 6.45) is 0. The van der Waals surface area contributed by atoms with Gasteiger partial charge in [0, 0.05) is 19.6 Å². The summed E-state index contributed by atoms with van der Waals surface area (Å²) in [6, 6.07) is 1.66. The lowest BCUT2D eigenvalue weighted by molar-refractivity contribution is 0.0408. The van der Waals surface area contributed by atoms with E-state index in [9.17, 15) is 8.42 Å². The van der Waals surface area contributed by atoms with Gasteiger partial charge in [0.2, 0.25) is 0 Å². The maximum absolute atomic E-state index is 11.2. The molecule has 0 amide bonds. The highest BCUT2D eigenvalue weighted by molar-refractivity contribution is 7.91. The van der Waals surface area contributed by atoms with Crippen LogP contribution in [-0.2, 0) is 14.6 Å². The third-order valence-electron chi connectivity index (χ3n) is 2.11. The van der Waals surface area contributed by atoms with Gasteiger partial charge in [-0.15, -0.1) is 0 Å². The average Bonchev–Trinajstić information content (AvgIpc) is 2.17. The van der Waals surface area contributed by atoms with Crippen LogP contribution in [0.25, 0.3) is 0 Å². The number of hydrogen-bond donors (Lipinski definition) is 0. The Kier molecular flexibility index (Phi) is 4.32. The minimum atomic E-state index is -3.17. The number of rotatable bonds is 4. The van der Waals surface area contributed by atoms with Gasteiger partial charge in [-0.25, -0.2) is 8.42 Å². The van der Waals surface area contributed by atoms with E-state index >= 15 is 0 Å². The van der Waals surface area contributed by atoms with Crippen molar-refractivity contribution >= 4 is 9.84 Å². The molecule has 6 heteroatoms.